The molecule has 1 fully saturated rings. The molecule has 1 amide bonds. The van der Waals surface area contributed by atoms with E-state index in [-0.39, 0.29) is 23.2 Å². The Morgan fingerprint density at radius 3 is 2.59 bits per heavy atom. The third kappa shape index (κ3) is 4.26. The molecular formula is C21H33N5O3. The second kappa shape index (κ2) is 8.08. The summed E-state index contributed by atoms with van der Waals surface area (Å²) >= 11 is 0. The van der Waals surface area contributed by atoms with E-state index in [1.165, 1.54) is 0 Å². The van der Waals surface area contributed by atoms with Gasteiger partial charge in [0.1, 0.15) is 5.82 Å². The molecule has 1 unspecified atom stereocenters. The van der Waals surface area contributed by atoms with E-state index in [0.29, 0.717) is 38.4 Å². The van der Waals surface area contributed by atoms with Gasteiger partial charge in [0.05, 0.1) is 18.2 Å². The highest BCUT2D eigenvalue weighted by atomic mass is 16.6. The molecule has 2 aromatic rings. The van der Waals surface area contributed by atoms with Crippen molar-refractivity contribution in [1.29, 1.82) is 0 Å². The molecule has 0 bridgehead atoms. The Labute approximate surface area is 172 Å². The van der Waals surface area contributed by atoms with Crippen LogP contribution in [0.5, 0.6) is 0 Å². The fourth-order valence-electron chi connectivity index (χ4n) is 3.93. The lowest BCUT2D eigenvalue weighted by Crippen LogP contribution is -2.55. The normalized spacial score (nSPS) is 17.8. The zero-order chi connectivity index (χ0) is 21.3. The Bertz CT molecular complexity index is 940. The van der Waals surface area contributed by atoms with Crippen LogP contribution in [0.4, 0.5) is 10.6 Å². The van der Waals surface area contributed by atoms with Crippen molar-refractivity contribution < 1.29 is 9.53 Å². The lowest BCUT2D eigenvalue weighted by atomic mass is 9.97. The SMILES string of the molecule is CCOC(=O)N1CCN(c2ccc3c(n2)n(C)c(=O)n3CC(C)(C)C)CC1CC. The number of hydrogen-bond acceptors (Lipinski definition) is 5. The average Bonchev–Trinajstić information content (AvgIpc) is 2.91. The standard InChI is InChI=1S/C21H33N5O3/c1-7-15-13-24(11-12-25(15)20(28)29-8-2)17-10-9-16-18(22-17)23(6)19(27)26(16)14-21(3,4)5/h9-10,15H,7-8,11-14H2,1-6H3. The molecule has 0 saturated carbocycles. The minimum absolute atomic E-state index is 0.00540. The van der Waals surface area contributed by atoms with Gasteiger partial charge in [-0.05, 0) is 30.9 Å². The number of rotatable bonds is 4. The lowest BCUT2D eigenvalue weighted by Gasteiger charge is -2.40. The average molecular weight is 404 g/mol. The first-order valence-electron chi connectivity index (χ1n) is 10.4. The van der Waals surface area contributed by atoms with Crippen LogP contribution in [-0.2, 0) is 18.3 Å². The van der Waals surface area contributed by atoms with Crippen molar-refractivity contribution in [2.24, 2.45) is 12.5 Å². The molecule has 8 heteroatoms. The van der Waals surface area contributed by atoms with Crippen LogP contribution in [-0.4, -0.2) is 57.4 Å². The summed E-state index contributed by atoms with van der Waals surface area (Å²) in [4.78, 5) is 33.8. The van der Waals surface area contributed by atoms with Gasteiger partial charge in [0.25, 0.3) is 0 Å². The number of piperazine rings is 1. The van der Waals surface area contributed by atoms with E-state index in [9.17, 15) is 9.59 Å². The van der Waals surface area contributed by atoms with Crippen molar-refractivity contribution in [3.8, 4) is 0 Å². The number of anilines is 1. The first-order chi connectivity index (χ1) is 13.7. The summed E-state index contributed by atoms with van der Waals surface area (Å²) < 4.78 is 8.62. The van der Waals surface area contributed by atoms with Gasteiger partial charge in [-0.15, -0.1) is 0 Å². The highest BCUT2D eigenvalue weighted by molar-refractivity contribution is 5.74. The van der Waals surface area contributed by atoms with Gasteiger partial charge in [0, 0.05) is 33.2 Å². The van der Waals surface area contributed by atoms with E-state index in [1.807, 2.05) is 24.0 Å². The number of carbonyl (C=O) groups excluding carboxylic acids is 1. The van der Waals surface area contributed by atoms with Gasteiger partial charge in [0.15, 0.2) is 5.65 Å². The van der Waals surface area contributed by atoms with Gasteiger partial charge in [-0.2, -0.15) is 0 Å². The Morgan fingerprint density at radius 2 is 1.97 bits per heavy atom. The van der Waals surface area contributed by atoms with Crippen molar-refractivity contribution in [1.82, 2.24) is 19.0 Å². The fraction of sp³-hybridized carbons (Fsp3) is 0.667. The molecule has 29 heavy (non-hydrogen) atoms. The highest BCUT2D eigenvalue weighted by Gasteiger charge is 2.31. The molecule has 0 N–H and O–H groups in total. The Morgan fingerprint density at radius 1 is 1.24 bits per heavy atom. The molecule has 160 valence electrons. The summed E-state index contributed by atoms with van der Waals surface area (Å²) in [6.45, 7) is 13.3. The van der Waals surface area contributed by atoms with Crippen LogP contribution in [0.2, 0.25) is 0 Å². The number of carbonyl (C=O) groups is 1. The molecule has 1 saturated heterocycles. The minimum Gasteiger partial charge on any atom is -0.450 e. The summed E-state index contributed by atoms with van der Waals surface area (Å²) in [5.74, 6) is 0.836. The second-order valence-electron chi connectivity index (χ2n) is 8.90. The largest absolute Gasteiger partial charge is 0.450 e. The Kier molecular flexibility index (Phi) is 5.91. The van der Waals surface area contributed by atoms with Gasteiger partial charge in [0.2, 0.25) is 0 Å². The van der Waals surface area contributed by atoms with E-state index in [0.717, 1.165) is 17.8 Å². The summed E-state index contributed by atoms with van der Waals surface area (Å²) in [6.07, 6.45) is 0.599. The molecular weight excluding hydrogens is 370 g/mol. The highest BCUT2D eigenvalue weighted by Crippen LogP contribution is 2.24. The number of imidazole rings is 1. The number of pyridine rings is 1. The molecule has 1 aliphatic heterocycles. The van der Waals surface area contributed by atoms with E-state index in [4.69, 9.17) is 9.72 Å². The maximum absolute atomic E-state index is 12.7. The van der Waals surface area contributed by atoms with Gasteiger partial charge in [-0.3, -0.25) is 9.13 Å². The molecule has 1 atom stereocenters. The molecule has 3 heterocycles. The Balaban J connectivity index is 1.89. The van der Waals surface area contributed by atoms with E-state index >= 15 is 0 Å². The van der Waals surface area contributed by atoms with Crippen molar-refractivity contribution in [3.63, 3.8) is 0 Å². The minimum atomic E-state index is -0.246. The zero-order valence-electron chi connectivity index (χ0n) is 18.4. The van der Waals surface area contributed by atoms with Crippen LogP contribution in [0.15, 0.2) is 16.9 Å². The van der Waals surface area contributed by atoms with Gasteiger partial charge in [-0.1, -0.05) is 27.7 Å². The van der Waals surface area contributed by atoms with Crippen molar-refractivity contribution in [2.45, 2.75) is 53.6 Å². The first-order valence-corrected chi connectivity index (χ1v) is 10.4. The number of amides is 1. The molecule has 1 aliphatic rings. The molecule has 0 spiro atoms. The lowest BCUT2D eigenvalue weighted by molar-refractivity contribution is 0.0844. The topological polar surface area (TPSA) is 72.6 Å². The maximum Gasteiger partial charge on any atom is 0.410 e. The second-order valence-corrected chi connectivity index (χ2v) is 8.90. The summed E-state index contributed by atoms with van der Waals surface area (Å²) in [6, 6.07) is 4.05. The first kappa shape index (κ1) is 21.2. The van der Waals surface area contributed by atoms with E-state index in [1.54, 1.807) is 16.2 Å². The fourth-order valence-corrected chi connectivity index (χ4v) is 3.93. The van der Waals surface area contributed by atoms with Crippen LogP contribution >= 0.6 is 0 Å². The number of aromatic nitrogens is 3. The predicted octanol–water partition coefficient (Wildman–Crippen LogP) is 2.84. The number of aryl methyl sites for hydroxylation is 1. The summed E-state index contributed by atoms with van der Waals surface area (Å²) in [7, 11) is 1.77. The zero-order valence-corrected chi connectivity index (χ0v) is 18.4. The third-order valence-corrected chi connectivity index (χ3v) is 5.38. The van der Waals surface area contributed by atoms with Gasteiger partial charge >= 0.3 is 11.8 Å². The monoisotopic (exact) mass is 403 g/mol. The van der Waals surface area contributed by atoms with E-state index in [2.05, 4.69) is 32.6 Å². The molecule has 3 rings (SSSR count). The number of fused-ring (bicyclic) bond motifs is 1. The van der Waals surface area contributed by atoms with Crippen LogP contribution < -0.4 is 10.6 Å². The molecule has 8 nitrogen and oxygen atoms in total. The van der Waals surface area contributed by atoms with Crippen molar-refractivity contribution >= 4 is 23.1 Å². The number of nitrogens with zero attached hydrogens (tertiary/aromatic N) is 5. The molecule has 0 radical (unpaired) electrons. The molecule has 2 aromatic heterocycles. The van der Waals surface area contributed by atoms with Crippen LogP contribution in [0.25, 0.3) is 11.2 Å². The quantitative estimate of drug-likeness (QED) is 0.785. The smallest absolute Gasteiger partial charge is 0.410 e. The van der Waals surface area contributed by atoms with Gasteiger partial charge < -0.3 is 14.5 Å². The number of hydrogen-bond donors (Lipinski definition) is 0. The van der Waals surface area contributed by atoms with Crippen molar-refractivity contribution in [3.05, 3.63) is 22.6 Å². The third-order valence-electron chi connectivity index (χ3n) is 5.38. The van der Waals surface area contributed by atoms with Crippen LogP contribution in [0.1, 0.15) is 41.0 Å². The summed E-state index contributed by atoms with van der Waals surface area (Å²) in [5.41, 5.74) is 1.50. The van der Waals surface area contributed by atoms with E-state index < -0.39 is 0 Å². The van der Waals surface area contributed by atoms with Crippen LogP contribution in [0.3, 0.4) is 0 Å². The van der Waals surface area contributed by atoms with Crippen LogP contribution in [0, 0.1) is 5.41 Å². The van der Waals surface area contributed by atoms with Crippen molar-refractivity contribution in [2.75, 3.05) is 31.1 Å². The summed E-state index contributed by atoms with van der Waals surface area (Å²) in [5, 5.41) is 0. The maximum atomic E-state index is 12.7. The molecule has 0 aliphatic carbocycles. The molecule has 0 aromatic carbocycles. The predicted molar refractivity (Wildman–Crippen MR) is 114 cm³/mol. The van der Waals surface area contributed by atoms with Gasteiger partial charge in [-0.25, -0.2) is 14.6 Å². The Hall–Kier alpha value is -2.51. The number of ether oxygens (including phenoxy) is 1.